The van der Waals surface area contributed by atoms with Crippen LogP contribution < -0.4 is 0 Å². The Balaban J connectivity index is 3.41. The molecule has 1 aromatic carbocycles. The summed E-state index contributed by atoms with van der Waals surface area (Å²) in [6.45, 7) is 13.8. The van der Waals surface area contributed by atoms with E-state index in [9.17, 15) is 9.36 Å². The van der Waals surface area contributed by atoms with E-state index in [1.807, 2.05) is 53.7 Å². The van der Waals surface area contributed by atoms with Crippen molar-refractivity contribution < 1.29 is 9.36 Å². The second kappa shape index (κ2) is 6.48. The standard InChI is InChI=1S/C18H29O2P/c1-8-9-10-21(20,18(5,6)7)17(19)16-14(3)11-13(2)12-15(16)4/h11-12H,8-10H2,1-7H3. The Kier molecular flexibility index (Phi) is 5.61. The molecule has 1 aromatic rings. The van der Waals surface area contributed by atoms with Crippen molar-refractivity contribution >= 4 is 12.7 Å². The van der Waals surface area contributed by atoms with Crippen molar-refractivity contribution in [2.24, 2.45) is 0 Å². The van der Waals surface area contributed by atoms with Gasteiger partial charge in [0.1, 0.15) is 0 Å². The highest BCUT2D eigenvalue weighted by atomic mass is 31.2. The minimum Gasteiger partial charge on any atom is -0.315 e. The van der Waals surface area contributed by atoms with E-state index in [0.717, 1.165) is 29.5 Å². The van der Waals surface area contributed by atoms with Gasteiger partial charge in [-0.3, -0.25) is 4.79 Å². The number of carbonyl (C=O) groups is 1. The molecule has 0 aliphatic carbocycles. The molecule has 0 amide bonds. The van der Waals surface area contributed by atoms with E-state index in [2.05, 4.69) is 6.92 Å². The third-order valence-electron chi connectivity index (χ3n) is 4.13. The highest BCUT2D eigenvalue weighted by Gasteiger charge is 2.43. The maximum absolute atomic E-state index is 13.5. The van der Waals surface area contributed by atoms with Gasteiger partial charge in [0.2, 0.25) is 5.52 Å². The zero-order chi connectivity index (χ0) is 16.4. The maximum atomic E-state index is 13.5. The van der Waals surface area contributed by atoms with E-state index in [-0.39, 0.29) is 5.52 Å². The molecule has 1 unspecified atom stereocenters. The fourth-order valence-electron chi connectivity index (χ4n) is 2.82. The molecule has 0 aromatic heterocycles. The van der Waals surface area contributed by atoms with Gasteiger partial charge in [-0.15, -0.1) is 0 Å². The average molecular weight is 308 g/mol. The van der Waals surface area contributed by atoms with E-state index < -0.39 is 12.3 Å². The summed E-state index contributed by atoms with van der Waals surface area (Å²) >= 11 is 0. The van der Waals surface area contributed by atoms with Crippen LogP contribution in [0.25, 0.3) is 0 Å². The lowest BCUT2D eigenvalue weighted by Crippen LogP contribution is -2.24. The SMILES string of the molecule is CCCCP(=O)(C(=O)c1c(C)cc(C)cc1C)C(C)(C)C. The summed E-state index contributed by atoms with van der Waals surface area (Å²) in [5, 5.41) is -0.483. The first-order valence-electron chi connectivity index (χ1n) is 7.76. The van der Waals surface area contributed by atoms with E-state index in [4.69, 9.17) is 0 Å². The molecule has 0 saturated heterocycles. The molecule has 0 fully saturated rings. The zero-order valence-corrected chi connectivity index (χ0v) is 15.4. The summed E-state index contributed by atoms with van der Waals surface area (Å²) in [4.78, 5) is 13.1. The molecule has 21 heavy (non-hydrogen) atoms. The first kappa shape index (κ1) is 18.2. The van der Waals surface area contributed by atoms with E-state index in [1.54, 1.807) is 0 Å². The van der Waals surface area contributed by atoms with Gasteiger partial charge >= 0.3 is 0 Å². The number of hydrogen-bond acceptors (Lipinski definition) is 2. The van der Waals surface area contributed by atoms with Crippen LogP contribution in [0.3, 0.4) is 0 Å². The van der Waals surface area contributed by atoms with Gasteiger partial charge in [-0.1, -0.05) is 51.8 Å². The van der Waals surface area contributed by atoms with Crippen LogP contribution in [-0.2, 0) is 4.57 Å². The minimum atomic E-state index is -2.94. The maximum Gasteiger partial charge on any atom is 0.222 e. The third kappa shape index (κ3) is 3.66. The lowest BCUT2D eigenvalue weighted by atomic mass is 10.0. The molecule has 0 bridgehead atoms. The molecule has 1 atom stereocenters. The van der Waals surface area contributed by atoms with Gasteiger partial charge in [-0.25, -0.2) is 0 Å². The van der Waals surface area contributed by atoms with E-state index in [1.165, 1.54) is 0 Å². The average Bonchev–Trinajstić information content (AvgIpc) is 2.32. The summed E-state index contributed by atoms with van der Waals surface area (Å²) in [5.74, 6) is 0. The number of rotatable bonds is 5. The summed E-state index contributed by atoms with van der Waals surface area (Å²) in [6.07, 6.45) is 2.31. The van der Waals surface area contributed by atoms with E-state index in [0.29, 0.717) is 11.7 Å². The molecule has 0 aliphatic heterocycles. The Morgan fingerprint density at radius 2 is 1.57 bits per heavy atom. The Labute approximate surface area is 129 Å². The summed E-state index contributed by atoms with van der Waals surface area (Å²) in [5.41, 5.74) is 3.58. The topological polar surface area (TPSA) is 34.1 Å². The van der Waals surface area contributed by atoms with Crippen LogP contribution in [0.4, 0.5) is 0 Å². The fraction of sp³-hybridized carbons (Fsp3) is 0.611. The van der Waals surface area contributed by atoms with Crippen LogP contribution >= 0.6 is 7.14 Å². The third-order valence-corrected chi connectivity index (χ3v) is 8.12. The number of hydrogen-bond donors (Lipinski definition) is 0. The molecule has 0 heterocycles. The molecule has 0 saturated carbocycles. The second-order valence-corrected chi connectivity index (χ2v) is 10.7. The van der Waals surface area contributed by atoms with Crippen LogP contribution in [0.5, 0.6) is 0 Å². The lowest BCUT2D eigenvalue weighted by Gasteiger charge is -2.31. The summed E-state index contributed by atoms with van der Waals surface area (Å²) < 4.78 is 13.5. The van der Waals surface area contributed by atoms with Crippen molar-refractivity contribution in [2.75, 3.05) is 6.16 Å². The monoisotopic (exact) mass is 308 g/mol. The van der Waals surface area contributed by atoms with Crippen molar-refractivity contribution in [1.29, 1.82) is 0 Å². The molecule has 1 rings (SSSR count). The van der Waals surface area contributed by atoms with Gasteiger partial charge in [0.05, 0.1) is 0 Å². The van der Waals surface area contributed by atoms with Crippen LogP contribution in [0.2, 0.25) is 0 Å². The smallest absolute Gasteiger partial charge is 0.222 e. The molecular weight excluding hydrogens is 279 g/mol. The molecule has 0 spiro atoms. The predicted octanol–water partition coefficient (Wildman–Crippen LogP) is 5.71. The van der Waals surface area contributed by atoms with E-state index >= 15 is 0 Å². The number of carbonyl (C=O) groups excluding carboxylic acids is 1. The van der Waals surface area contributed by atoms with Crippen molar-refractivity contribution in [3.63, 3.8) is 0 Å². The second-order valence-electron chi connectivity index (χ2n) is 7.07. The number of unbranched alkanes of at least 4 members (excludes halogenated alkanes) is 1. The molecule has 0 aliphatic rings. The fourth-order valence-corrected chi connectivity index (χ4v) is 5.78. The Bertz CT molecular complexity index is 556. The Morgan fingerprint density at radius 3 is 1.95 bits per heavy atom. The highest BCUT2D eigenvalue weighted by molar-refractivity contribution is 7.82. The van der Waals surface area contributed by atoms with Crippen molar-refractivity contribution in [1.82, 2.24) is 0 Å². The van der Waals surface area contributed by atoms with Gasteiger partial charge in [-0.05, 0) is 38.3 Å². The first-order chi connectivity index (χ1) is 9.54. The largest absolute Gasteiger partial charge is 0.315 e. The zero-order valence-electron chi connectivity index (χ0n) is 14.5. The quantitative estimate of drug-likeness (QED) is 0.652. The highest BCUT2D eigenvalue weighted by Crippen LogP contribution is 2.60. The molecule has 0 N–H and O–H groups in total. The van der Waals surface area contributed by atoms with Gasteiger partial charge in [0.15, 0.2) is 7.14 Å². The van der Waals surface area contributed by atoms with Crippen LogP contribution in [0.15, 0.2) is 12.1 Å². The van der Waals surface area contributed by atoms with Gasteiger partial charge in [0.25, 0.3) is 0 Å². The van der Waals surface area contributed by atoms with Crippen LogP contribution in [0, 0.1) is 20.8 Å². The minimum absolute atomic E-state index is 0.126. The van der Waals surface area contributed by atoms with Gasteiger partial charge < -0.3 is 4.57 Å². The van der Waals surface area contributed by atoms with Crippen LogP contribution in [-0.4, -0.2) is 16.8 Å². The lowest BCUT2D eigenvalue weighted by molar-refractivity contribution is 0.107. The Morgan fingerprint density at radius 1 is 1.10 bits per heavy atom. The summed E-state index contributed by atoms with van der Waals surface area (Å²) in [6, 6.07) is 4.01. The predicted molar refractivity (Wildman–Crippen MR) is 92.1 cm³/mol. The molecule has 3 heteroatoms. The van der Waals surface area contributed by atoms with Gasteiger partial charge in [-0.2, -0.15) is 0 Å². The molecule has 2 nitrogen and oxygen atoms in total. The Hall–Kier alpha value is -0.880. The first-order valence-corrected chi connectivity index (χ1v) is 9.65. The number of aryl methyl sites for hydroxylation is 3. The molecule has 118 valence electrons. The normalized spacial score (nSPS) is 14.8. The molecule has 0 radical (unpaired) electrons. The van der Waals surface area contributed by atoms with Gasteiger partial charge in [0, 0.05) is 16.9 Å². The van der Waals surface area contributed by atoms with Crippen molar-refractivity contribution in [3.05, 3.63) is 34.4 Å². The summed E-state index contributed by atoms with van der Waals surface area (Å²) in [7, 11) is -2.94. The van der Waals surface area contributed by atoms with Crippen molar-refractivity contribution in [2.45, 2.75) is 66.5 Å². The van der Waals surface area contributed by atoms with Crippen LogP contribution in [0.1, 0.15) is 67.6 Å². The molecular formula is C18H29O2P. The number of benzene rings is 1. The van der Waals surface area contributed by atoms with Crippen molar-refractivity contribution in [3.8, 4) is 0 Å².